The third kappa shape index (κ3) is 3.79. The Kier molecular flexibility index (Phi) is 4.72. The second kappa shape index (κ2) is 6.30. The van der Waals surface area contributed by atoms with Crippen LogP contribution in [0.3, 0.4) is 0 Å². The number of halogens is 1. The fourth-order valence-electron chi connectivity index (χ4n) is 2.31. The molecule has 1 aliphatic rings. The van der Waals surface area contributed by atoms with Crippen molar-refractivity contribution in [3.8, 4) is 0 Å². The summed E-state index contributed by atoms with van der Waals surface area (Å²) in [5, 5.41) is 3.41. The molecule has 2 rings (SSSR count). The normalized spacial score (nSPS) is 15.3. The molecule has 18 heavy (non-hydrogen) atoms. The topological polar surface area (TPSA) is 15.3 Å². The lowest BCUT2D eigenvalue weighted by atomic mass is 10.1. The molecule has 0 amide bonds. The van der Waals surface area contributed by atoms with E-state index in [9.17, 15) is 4.39 Å². The fraction of sp³-hybridized carbons (Fsp3) is 0.600. The Bertz CT molecular complexity index is 388. The van der Waals surface area contributed by atoms with Gasteiger partial charge in [0.05, 0.1) is 0 Å². The van der Waals surface area contributed by atoms with Crippen LogP contribution in [0.1, 0.15) is 30.9 Å². The Labute approximate surface area is 109 Å². The van der Waals surface area contributed by atoms with Gasteiger partial charge in [-0.1, -0.05) is 13.0 Å². The summed E-state index contributed by atoms with van der Waals surface area (Å²) in [4.78, 5) is 2.52. The van der Waals surface area contributed by atoms with E-state index in [1.807, 2.05) is 13.0 Å². The van der Waals surface area contributed by atoms with Crippen molar-refractivity contribution >= 4 is 0 Å². The molecule has 3 heteroatoms. The summed E-state index contributed by atoms with van der Waals surface area (Å²) in [6, 6.07) is 5.81. The predicted molar refractivity (Wildman–Crippen MR) is 73.1 cm³/mol. The minimum absolute atomic E-state index is 0.148. The van der Waals surface area contributed by atoms with Gasteiger partial charge in [-0.25, -0.2) is 4.39 Å². The molecule has 0 unspecified atom stereocenters. The van der Waals surface area contributed by atoms with Gasteiger partial charge in [0.2, 0.25) is 0 Å². The molecule has 0 atom stereocenters. The second-order valence-electron chi connectivity index (χ2n) is 5.11. The largest absolute Gasteiger partial charge is 0.311 e. The molecule has 1 aliphatic carbocycles. The van der Waals surface area contributed by atoms with Crippen LogP contribution in [-0.2, 0) is 6.54 Å². The summed E-state index contributed by atoms with van der Waals surface area (Å²) >= 11 is 0. The summed E-state index contributed by atoms with van der Waals surface area (Å²) in [6.45, 7) is 8.20. The summed E-state index contributed by atoms with van der Waals surface area (Å²) in [5.74, 6) is -0.148. The lowest BCUT2D eigenvalue weighted by Gasteiger charge is -2.20. The Balaban J connectivity index is 1.72. The zero-order chi connectivity index (χ0) is 13.0. The Hall–Kier alpha value is -0.930. The van der Waals surface area contributed by atoms with E-state index in [1.54, 1.807) is 6.07 Å². The number of hydrogen-bond donors (Lipinski definition) is 1. The molecule has 1 N–H and O–H groups in total. The van der Waals surface area contributed by atoms with Gasteiger partial charge in [-0.2, -0.15) is 0 Å². The predicted octanol–water partition coefficient (Wildman–Crippen LogP) is 2.71. The standard InChI is InChI=1S/C15H23FN2/c1-3-18(15-6-7-15)9-8-17-11-13-10-14(16)5-4-12(13)2/h4-5,10,15,17H,3,6-9,11H2,1-2H3. The van der Waals surface area contributed by atoms with Gasteiger partial charge >= 0.3 is 0 Å². The minimum Gasteiger partial charge on any atom is -0.311 e. The van der Waals surface area contributed by atoms with Gasteiger partial charge in [-0.15, -0.1) is 0 Å². The number of rotatable bonds is 7. The molecule has 1 saturated carbocycles. The SMILES string of the molecule is CCN(CCNCc1cc(F)ccc1C)C1CC1. The maximum Gasteiger partial charge on any atom is 0.123 e. The molecule has 0 bridgehead atoms. The Morgan fingerprint density at radius 1 is 1.39 bits per heavy atom. The van der Waals surface area contributed by atoms with E-state index < -0.39 is 0 Å². The summed E-state index contributed by atoms with van der Waals surface area (Å²) in [6.07, 6.45) is 2.72. The molecule has 1 fully saturated rings. The summed E-state index contributed by atoms with van der Waals surface area (Å²) in [5.41, 5.74) is 2.21. The number of aryl methyl sites for hydroxylation is 1. The van der Waals surface area contributed by atoms with Crippen molar-refractivity contribution in [2.75, 3.05) is 19.6 Å². The fourth-order valence-corrected chi connectivity index (χ4v) is 2.31. The van der Waals surface area contributed by atoms with Crippen LogP contribution in [0.25, 0.3) is 0 Å². The van der Waals surface area contributed by atoms with E-state index in [0.717, 1.165) is 43.3 Å². The number of nitrogens with one attached hydrogen (secondary N) is 1. The Morgan fingerprint density at radius 2 is 2.17 bits per heavy atom. The number of benzene rings is 1. The number of nitrogens with zero attached hydrogens (tertiary/aromatic N) is 1. The molecule has 0 aromatic heterocycles. The molecule has 0 saturated heterocycles. The number of hydrogen-bond acceptors (Lipinski definition) is 2. The van der Waals surface area contributed by atoms with Crippen LogP contribution in [0.4, 0.5) is 4.39 Å². The first-order chi connectivity index (χ1) is 8.70. The van der Waals surface area contributed by atoms with Crippen molar-refractivity contribution in [2.24, 2.45) is 0 Å². The summed E-state index contributed by atoms with van der Waals surface area (Å²) < 4.78 is 13.1. The van der Waals surface area contributed by atoms with Crippen molar-refractivity contribution in [1.29, 1.82) is 0 Å². The van der Waals surface area contributed by atoms with Crippen molar-refractivity contribution < 1.29 is 4.39 Å². The van der Waals surface area contributed by atoms with Gasteiger partial charge in [-0.3, -0.25) is 4.90 Å². The quantitative estimate of drug-likeness (QED) is 0.749. The highest BCUT2D eigenvalue weighted by Gasteiger charge is 2.26. The van der Waals surface area contributed by atoms with E-state index in [-0.39, 0.29) is 5.82 Å². The van der Waals surface area contributed by atoms with Gasteiger partial charge in [-0.05, 0) is 49.6 Å². The molecule has 1 aromatic rings. The highest BCUT2D eigenvalue weighted by atomic mass is 19.1. The third-order valence-corrected chi connectivity index (χ3v) is 3.67. The van der Waals surface area contributed by atoms with Crippen LogP contribution in [0.5, 0.6) is 0 Å². The van der Waals surface area contributed by atoms with Crippen LogP contribution in [0, 0.1) is 12.7 Å². The van der Waals surface area contributed by atoms with Crippen LogP contribution >= 0.6 is 0 Å². The molecular weight excluding hydrogens is 227 g/mol. The maximum atomic E-state index is 13.1. The number of likely N-dealkylation sites (N-methyl/N-ethyl adjacent to an activating group) is 1. The van der Waals surface area contributed by atoms with Crippen molar-refractivity contribution in [1.82, 2.24) is 10.2 Å². The molecule has 1 aromatic carbocycles. The first kappa shape index (κ1) is 13.5. The Morgan fingerprint density at radius 3 is 2.83 bits per heavy atom. The molecule has 0 spiro atoms. The second-order valence-corrected chi connectivity index (χ2v) is 5.11. The lowest BCUT2D eigenvalue weighted by Crippen LogP contribution is -2.33. The maximum absolute atomic E-state index is 13.1. The molecule has 0 heterocycles. The van der Waals surface area contributed by atoms with E-state index in [0.29, 0.717) is 0 Å². The first-order valence-corrected chi connectivity index (χ1v) is 6.90. The molecular formula is C15H23FN2. The third-order valence-electron chi connectivity index (χ3n) is 3.67. The van der Waals surface area contributed by atoms with E-state index >= 15 is 0 Å². The monoisotopic (exact) mass is 250 g/mol. The minimum atomic E-state index is -0.148. The zero-order valence-electron chi connectivity index (χ0n) is 11.4. The van der Waals surface area contributed by atoms with Gasteiger partial charge in [0.25, 0.3) is 0 Å². The van der Waals surface area contributed by atoms with E-state index in [2.05, 4.69) is 17.1 Å². The first-order valence-electron chi connectivity index (χ1n) is 6.90. The van der Waals surface area contributed by atoms with Gasteiger partial charge in [0.1, 0.15) is 5.82 Å². The van der Waals surface area contributed by atoms with Crippen molar-refractivity contribution in [3.05, 3.63) is 35.1 Å². The van der Waals surface area contributed by atoms with Crippen LogP contribution in [-0.4, -0.2) is 30.6 Å². The van der Waals surface area contributed by atoms with E-state index in [4.69, 9.17) is 0 Å². The molecule has 100 valence electrons. The zero-order valence-corrected chi connectivity index (χ0v) is 11.4. The molecule has 2 nitrogen and oxygen atoms in total. The van der Waals surface area contributed by atoms with Crippen molar-refractivity contribution in [2.45, 2.75) is 39.3 Å². The van der Waals surface area contributed by atoms with Crippen LogP contribution < -0.4 is 5.32 Å². The highest BCUT2D eigenvalue weighted by Crippen LogP contribution is 2.25. The van der Waals surface area contributed by atoms with Crippen LogP contribution in [0.15, 0.2) is 18.2 Å². The summed E-state index contributed by atoms with van der Waals surface area (Å²) in [7, 11) is 0. The average Bonchev–Trinajstić information content (AvgIpc) is 3.18. The van der Waals surface area contributed by atoms with E-state index in [1.165, 1.54) is 18.9 Å². The van der Waals surface area contributed by atoms with Crippen LogP contribution in [0.2, 0.25) is 0 Å². The average molecular weight is 250 g/mol. The van der Waals surface area contributed by atoms with Gasteiger partial charge in [0, 0.05) is 25.7 Å². The van der Waals surface area contributed by atoms with Gasteiger partial charge < -0.3 is 5.32 Å². The van der Waals surface area contributed by atoms with Crippen molar-refractivity contribution in [3.63, 3.8) is 0 Å². The molecule has 0 aliphatic heterocycles. The van der Waals surface area contributed by atoms with Gasteiger partial charge in [0.15, 0.2) is 0 Å². The smallest absolute Gasteiger partial charge is 0.123 e. The lowest BCUT2D eigenvalue weighted by molar-refractivity contribution is 0.277. The highest BCUT2D eigenvalue weighted by molar-refractivity contribution is 5.26. The molecule has 0 radical (unpaired) electrons.